The molecule has 0 saturated carbocycles. The number of aromatic nitrogens is 1. The summed E-state index contributed by atoms with van der Waals surface area (Å²) >= 11 is 0. The van der Waals surface area contributed by atoms with E-state index in [0.717, 1.165) is 5.56 Å². The zero-order chi connectivity index (χ0) is 22.0. The van der Waals surface area contributed by atoms with Crippen LogP contribution in [-0.4, -0.2) is 33.8 Å². The van der Waals surface area contributed by atoms with Crippen molar-refractivity contribution in [1.82, 2.24) is 9.88 Å². The lowest BCUT2D eigenvalue weighted by Crippen LogP contribution is -2.29. The fourth-order valence-corrected chi connectivity index (χ4v) is 3.67. The van der Waals surface area contributed by atoms with Gasteiger partial charge in [-0.05, 0) is 35.9 Å². The first-order valence-electron chi connectivity index (χ1n) is 9.57. The molecule has 0 radical (unpaired) electrons. The Morgan fingerprint density at radius 2 is 1.84 bits per heavy atom. The van der Waals surface area contributed by atoms with Gasteiger partial charge in [0, 0.05) is 30.1 Å². The van der Waals surface area contributed by atoms with Gasteiger partial charge in [-0.15, -0.1) is 0 Å². The van der Waals surface area contributed by atoms with E-state index in [-0.39, 0.29) is 23.4 Å². The number of amides is 1. The summed E-state index contributed by atoms with van der Waals surface area (Å²) < 4.78 is 20.0. The normalized spacial score (nSPS) is 17.7. The van der Waals surface area contributed by atoms with Crippen LogP contribution >= 0.6 is 0 Å². The summed E-state index contributed by atoms with van der Waals surface area (Å²) in [5, 5.41) is 11.0. The van der Waals surface area contributed by atoms with Crippen LogP contribution in [0.1, 0.15) is 22.7 Å². The van der Waals surface area contributed by atoms with Crippen LogP contribution in [0.3, 0.4) is 0 Å². The summed E-state index contributed by atoms with van der Waals surface area (Å²) in [5.74, 6) is -2.18. The zero-order valence-electron chi connectivity index (χ0n) is 16.7. The summed E-state index contributed by atoms with van der Waals surface area (Å²) in [5.41, 5.74) is 0.972. The molecule has 3 aromatic rings. The Morgan fingerprint density at radius 3 is 2.55 bits per heavy atom. The molecule has 1 atom stereocenters. The monoisotopic (exact) mass is 418 g/mol. The molecule has 1 saturated heterocycles. The quantitative estimate of drug-likeness (QED) is 0.387. The number of carbonyl (C=O) groups excluding carboxylic acids is 2. The van der Waals surface area contributed by atoms with Gasteiger partial charge >= 0.3 is 0 Å². The van der Waals surface area contributed by atoms with Crippen LogP contribution in [0.5, 0.6) is 5.75 Å². The Kier molecular flexibility index (Phi) is 5.49. The number of nitrogens with zero attached hydrogens (tertiary/aromatic N) is 2. The van der Waals surface area contributed by atoms with Gasteiger partial charge in [0.2, 0.25) is 0 Å². The first-order chi connectivity index (χ1) is 15.0. The highest BCUT2D eigenvalue weighted by Crippen LogP contribution is 2.41. The first kappa shape index (κ1) is 20.3. The summed E-state index contributed by atoms with van der Waals surface area (Å²) in [7, 11) is 1.48. The molecule has 6 nitrogen and oxygen atoms in total. The smallest absolute Gasteiger partial charge is 0.295 e. The average Bonchev–Trinajstić information content (AvgIpc) is 3.04. The van der Waals surface area contributed by atoms with E-state index < -0.39 is 23.5 Å². The van der Waals surface area contributed by atoms with Crippen LogP contribution in [0.4, 0.5) is 4.39 Å². The largest absolute Gasteiger partial charge is 0.507 e. The second-order valence-corrected chi connectivity index (χ2v) is 7.04. The van der Waals surface area contributed by atoms with Gasteiger partial charge in [-0.1, -0.05) is 30.3 Å². The molecule has 1 amide bonds. The third-order valence-electron chi connectivity index (χ3n) is 5.19. The number of halogens is 1. The number of benzene rings is 2. The molecule has 2 aromatic carbocycles. The topological polar surface area (TPSA) is 79.7 Å². The predicted molar refractivity (Wildman–Crippen MR) is 111 cm³/mol. The minimum Gasteiger partial charge on any atom is -0.507 e. The molecule has 156 valence electrons. The lowest BCUT2D eigenvalue weighted by molar-refractivity contribution is -0.140. The number of aliphatic hydroxyl groups is 1. The Labute approximate surface area is 178 Å². The molecule has 0 aliphatic carbocycles. The number of pyridine rings is 1. The molecule has 2 heterocycles. The number of Topliss-reactive ketones (excluding diaryl/α,β-unsaturated/α-hetero) is 1. The highest BCUT2D eigenvalue weighted by atomic mass is 19.1. The number of hydrogen-bond donors (Lipinski definition) is 1. The van der Waals surface area contributed by atoms with Crippen LogP contribution in [0.2, 0.25) is 0 Å². The van der Waals surface area contributed by atoms with Crippen LogP contribution in [0.15, 0.2) is 78.6 Å². The minimum absolute atomic E-state index is 0.0565. The number of aliphatic hydroxyl groups excluding tert-OH is 1. The molecule has 1 unspecified atom stereocenters. The molecule has 1 aromatic heterocycles. The van der Waals surface area contributed by atoms with Crippen molar-refractivity contribution in [3.05, 3.63) is 101 Å². The van der Waals surface area contributed by atoms with Gasteiger partial charge in [-0.2, -0.15) is 0 Å². The predicted octanol–water partition coefficient (Wildman–Crippen LogP) is 3.85. The molecule has 7 heteroatoms. The van der Waals surface area contributed by atoms with Crippen molar-refractivity contribution >= 4 is 17.4 Å². The summed E-state index contributed by atoms with van der Waals surface area (Å²) in [6, 6.07) is 14.7. The van der Waals surface area contributed by atoms with Gasteiger partial charge in [-0.25, -0.2) is 4.39 Å². The second kappa shape index (κ2) is 8.39. The van der Waals surface area contributed by atoms with Gasteiger partial charge < -0.3 is 14.7 Å². The number of likely N-dealkylation sites (tertiary alicyclic amines) is 1. The van der Waals surface area contributed by atoms with Crippen molar-refractivity contribution in [2.75, 3.05) is 7.11 Å². The van der Waals surface area contributed by atoms with E-state index in [0.29, 0.717) is 11.3 Å². The third-order valence-corrected chi connectivity index (χ3v) is 5.19. The standard InChI is InChI=1S/C24H19FN2O4/c1-31-17-6-4-5-16(13-17)22(28)20-21(18-7-2-3-8-19(18)25)27(24(30)23(20)29)14-15-9-11-26-12-10-15/h2-13,21,28H,14H2,1H3/b22-20+. The minimum atomic E-state index is -1.08. The Bertz CT molecular complexity index is 1180. The number of rotatable bonds is 5. The maximum absolute atomic E-state index is 14.8. The van der Waals surface area contributed by atoms with Crippen molar-refractivity contribution in [3.8, 4) is 5.75 Å². The van der Waals surface area contributed by atoms with E-state index in [2.05, 4.69) is 4.98 Å². The van der Waals surface area contributed by atoms with E-state index >= 15 is 0 Å². The van der Waals surface area contributed by atoms with Crippen LogP contribution in [0.25, 0.3) is 5.76 Å². The van der Waals surface area contributed by atoms with E-state index in [1.807, 2.05) is 0 Å². The van der Waals surface area contributed by atoms with Crippen molar-refractivity contribution < 1.29 is 23.8 Å². The van der Waals surface area contributed by atoms with Crippen LogP contribution in [0, 0.1) is 5.82 Å². The van der Waals surface area contributed by atoms with E-state index in [1.165, 1.54) is 30.2 Å². The van der Waals surface area contributed by atoms with Gasteiger partial charge in [0.25, 0.3) is 11.7 Å². The Morgan fingerprint density at radius 1 is 1.10 bits per heavy atom. The van der Waals surface area contributed by atoms with Gasteiger partial charge in [0.15, 0.2) is 0 Å². The molecule has 0 spiro atoms. The molecule has 1 aliphatic heterocycles. The fourth-order valence-electron chi connectivity index (χ4n) is 3.67. The third kappa shape index (κ3) is 3.77. The Hall–Kier alpha value is -4.00. The number of carbonyl (C=O) groups is 2. The summed E-state index contributed by atoms with van der Waals surface area (Å²) in [4.78, 5) is 31.2. The van der Waals surface area contributed by atoms with Crippen molar-refractivity contribution in [2.24, 2.45) is 0 Å². The molecule has 1 N–H and O–H groups in total. The Balaban J connectivity index is 1.89. The van der Waals surface area contributed by atoms with Crippen LogP contribution < -0.4 is 4.74 Å². The van der Waals surface area contributed by atoms with Crippen molar-refractivity contribution in [2.45, 2.75) is 12.6 Å². The summed E-state index contributed by atoms with van der Waals surface area (Å²) in [6.07, 6.45) is 3.14. The van der Waals surface area contributed by atoms with E-state index in [4.69, 9.17) is 4.74 Å². The number of methoxy groups -OCH3 is 1. The van der Waals surface area contributed by atoms with Crippen molar-refractivity contribution in [1.29, 1.82) is 0 Å². The molecule has 4 rings (SSSR count). The zero-order valence-corrected chi connectivity index (χ0v) is 16.7. The molecule has 0 bridgehead atoms. The highest BCUT2D eigenvalue weighted by molar-refractivity contribution is 6.46. The lowest BCUT2D eigenvalue weighted by atomic mass is 9.94. The molecule has 1 aliphatic rings. The SMILES string of the molecule is COc1cccc(/C(O)=C2\C(=O)C(=O)N(Cc3ccncc3)C2c2ccccc2F)c1. The van der Waals surface area contributed by atoms with Gasteiger partial charge in [0.1, 0.15) is 17.3 Å². The molecular weight excluding hydrogens is 399 g/mol. The average molecular weight is 418 g/mol. The summed E-state index contributed by atoms with van der Waals surface area (Å²) in [6.45, 7) is 0.0565. The van der Waals surface area contributed by atoms with Crippen LogP contribution in [-0.2, 0) is 16.1 Å². The first-order valence-corrected chi connectivity index (χ1v) is 9.57. The molecule has 1 fully saturated rings. The van der Waals surface area contributed by atoms with E-state index in [1.54, 1.807) is 54.9 Å². The van der Waals surface area contributed by atoms with Gasteiger partial charge in [0.05, 0.1) is 18.7 Å². The van der Waals surface area contributed by atoms with Crippen molar-refractivity contribution in [3.63, 3.8) is 0 Å². The maximum Gasteiger partial charge on any atom is 0.295 e. The highest BCUT2D eigenvalue weighted by Gasteiger charge is 2.46. The molecular formula is C24H19FN2O4. The number of hydrogen-bond acceptors (Lipinski definition) is 5. The second-order valence-electron chi connectivity index (χ2n) is 7.04. The molecule has 31 heavy (non-hydrogen) atoms. The van der Waals surface area contributed by atoms with E-state index in [9.17, 15) is 19.1 Å². The van der Waals surface area contributed by atoms with Gasteiger partial charge in [-0.3, -0.25) is 14.6 Å². The maximum atomic E-state index is 14.8. The fraction of sp³-hybridized carbons (Fsp3) is 0.125. The number of ether oxygens (including phenoxy) is 1. The lowest BCUT2D eigenvalue weighted by Gasteiger charge is -2.25. The number of ketones is 1.